The van der Waals surface area contributed by atoms with E-state index in [-0.39, 0.29) is 13.1 Å². The monoisotopic (exact) mass is 354 g/mol. The van der Waals surface area contributed by atoms with Gasteiger partial charge in [-0.3, -0.25) is 9.59 Å². The Bertz CT molecular complexity index is 842. The minimum absolute atomic E-state index is 0.0753. The van der Waals surface area contributed by atoms with E-state index in [4.69, 9.17) is 4.42 Å². The topological polar surface area (TPSA) is 109 Å². The van der Waals surface area contributed by atoms with E-state index in [1.807, 2.05) is 24.4 Å². The SMILES string of the molecule is O=C(NCc1ccco1)C(=O)NCC(O)c1ccc(-n2cccn2)cc1. The molecule has 0 aliphatic heterocycles. The molecule has 2 amide bonds. The summed E-state index contributed by atoms with van der Waals surface area (Å²) in [7, 11) is 0. The first-order valence-electron chi connectivity index (χ1n) is 8.00. The van der Waals surface area contributed by atoms with Crippen LogP contribution in [0.4, 0.5) is 0 Å². The van der Waals surface area contributed by atoms with E-state index in [1.165, 1.54) is 6.26 Å². The lowest BCUT2D eigenvalue weighted by molar-refractivity contribution is -0.139. The van der Waals surface area contributed by atoms with Gasteiger partial charge in [-0.1, -0.05) is 12.1 Å². The normalized spacial score (nSPS) is 11.7. The van der Waals surface area contributed by atoms with Crippen molar-refractivity contribution in [1.29, 1.82) is 0 Å². The first kappa shape index (κ1) is 17.4. The molecule has 1 aromatic carbocycles. The fourth-order valence-electron chi connectivity index (χ4n) is 2.32. The Morgan fingerprint density at radius 3 is 2.54 bits per heavy atom. The third-order valence-corrected chi connectivity index (χ3v) is 3.71. The number of furan rings is 1. The van der Waals surface area contributed by atoms with Gasteiger partial charge in [0.1, 0.15) is 5.76 Å². The van der Waals surface area contributed by atoms with E-state index in [9.17, 15) is 14.7 Å². The molecule has 0 saturated carbocycles. The molecule has 1 unspecified atom stereocenters. The molecule has 3 rings (SSSR count). The van der Waals surface area contributed by atoms with Crippen LogP contribution in [0.2, 0.25) is 0 Å². The average Bonchev–Trinajstić information content (AvgIpc) is 3.37. The number of carbonyl (C=O) groups excluding carboxylic acids is 2. The van der Waals surface area contributed by atoms with Crippen LogP contribution >= 0.6 is 0 Å². The van der Waals surface area contributed by atoms with Crippen LogP contribution in [0, 0.1) is 0 Å². The van der Waals surface area contributed by atoms with Gasteiger partial charge in [0, 0.05) is 18.9 Å². The first-order chi connectivity index (χ1) is 12.6. The van der Waals surface area contributed by atoms with Gasteiger partial charge >= 0.3 is 11.8 Å². The van der Waals surface area contributed by atoms with Gasteiger partial charge in [-0.15, -0.1) is 0 Å². The molecule has 0 saturated heterocycles. The highest BCUT2D eigenvalue weighted by Gasteiger charge is 2.16. The molecular weight excluding hydrogens is 336 g/mol. The molecule has 0 spiro atoms. The quantitative estimate of drug-likeness (QED) is 0.571. The van der Waals surface area contributed by atoms with Crippen LogP contribution in [0.3, 0.4) is 0 Å². The summed E-state index contributed by atoms with van der Waals surface area (Å²) in [6.45, 7) is 0.0464. The predicted octanol–water partition coefficient (Wildman–Crippen LogP) is 0.931. The van der Waals surface area contributed by atoms with Crippen LogP contribution in [0.25, 0.3) is 5.69 Å². The lowest BCUT2D eigenvalue weighted by atomic mass is 10.1. The van der Waals surface area contributed by atoms with E-state index in [1.54, 1.807) is 35.1 Å². The number of benzene rings is 1. The van der Waals surface area contributed by atoms with Crippen molar-refractivity contribution < 1.29 is 19.1 Å². The molecule has 8 heteroatoms. The maximum absolute atomic E-state index is 11.8. The van der Waals surface area contributed by atoms with E-state index in [0.717, 1.165) is 5.69 Å². The summed E-state index contributed by atoms with van der Waals surface area (Å²) >= 11 is 0. The molecule has 3 aromatic rings. The Morgan fingerprint density at radius 2 is 1.88 bits per heavy atom. The average molecular weight is 354 g/mol. The van der Waals surface area contributed by atoms with E-state index < -0.39 is 17.9 Å². The second-order valence-electron chi connectivity index (χ2n) is 5.53. The maximum Gasteiger partial charge on any atom is 0.309 e. The van der Waals surface area contributed by atoms with Crippen LogP contribution in [0.1, 0.15) is 17.4 Å². The summed E-state index contributed by atoms with van der Waals surface area (Å²) in [6, 6.07) is 12.3. The standard InChI is InChI=1S/C18H18N4O4/c23-16(13-4-6-14(7-5-13)22-9-2-8-21-22)12-20-18(25)17(24)19-11-15-3-1-10-26-15/h1-10,16,23H,11-12H2,(H,19,24)(H,20,25). The largest absolute Gasteiger partial charge is 0.467 e. The summed E-state index contributed by atoms with van der Waals surface area (Å²) in [5.41, 5.74) is 1.48. The molecule has 3 N–H and O–H groups in total. The number of carbonyl (C=O) groups is 2. The molecular formula is C18H18N4O4. The number of aliphatic hydroxyl groups is 1. The summed E-state index contributed by atoms with van der Waals surface area (Å²) in [5, 5.41) is 19.1. The smallest absolute Gasteiger partial charge is 0.309 e. The van der Waals surface area contributed by atoms with Crippen molar-refractivity contribution in [2.75, 3.05) is 6.54 Å². The number of hydrogen-bond acceptors (Lipinski definition) is 5. The number of aromatic nitrogens is 2. The van der Waals surface area contributed by atoms with Crippen LogP contribution in [0.15, 0.2) is 65.5 Å². The van der Waals surface area contributed by atoms with Crippen molar-refractivity contribution in [2.45, 2.75) is 12.6 Å². The van der Waals surface area contributed by atoms with Gasteiger partial charge in [0.05, 0.1) is 24.6 Å². The van der Waals surface area contributed by atoms with E-state index in [0.29, 0.717) is 11.3 Å². The van der Waals surface area contributed by atoms with Gasteiger partial charge in [0.2, 0.25) is 0 Å². The van der Waals surface area contributed by atoms with Crippen LogP contribution in [-0.2, 0) is 16.1 Å². The van der Waals surface area contributed by atoms with Gasteiger partial charge in [-0.2, -0.15) is 5.10 Å². The molecule has 0 aliphatic carbocycles. The number of amides is 2. The van der Waals surface area contributed by atoms with Gasteiger partial charge in [0.15, 0.2) is 0 Å². The molecule has 8 nitrogen and oxygen atoms in total. The van der Waals surface area contributed by atoms with Crippen LogP contribution in [-0.4, -0.2) is 33.2 Å². The Hall–Kier alpha value is -3.39. The highest BCUT2D eigenvalue weighted by Crippen LogP contribution is 2.15. The molecule has 0 bridgehead atoms. The Balaban J connectivity index is 1.47. The molecule has 26 heavy (non-hydrogen) atoms. The fraction of sp³-hybridized carbons (Fsp3) is 0.167. The highest BCUT2D eigenvalue weighted by molar-refractivity contribution is 6.35. The molecule has 0 fully saturated rings. The van der Waals surface area contributed by atoms with Gasteiger partial charge in [0.25, 0.3) is 0 Å². The molecule has 2 aromatic heterocycles. The molecule has 0 radical (unpaired) electrons. The summed E-state index contributed by atoms with van der Waals surface area (Å²) < 4.78 is 6.76. The zero-order valence-corrected chi connectivity index (χ0v) is 13.8. The number of aliphatic hydroxyl groups excluding tert-OH is 1. The highest BCUT2D eigenvalue weighted by atomic mass is 16.3. The summed E-state index contributed by atoms with van der Waals surface area (Å²) in [4.78, 5) is 23.5. The molecule has 1 atom stereocenters. The second-order valence-corrected chi connectivity index (χ2v) is 5.53. The number of nitrogens with one attached hydrogen (secondary N) is 2. The van der Waals surface area contributed by atoms with Crippen molar-refractivity contribution in [1.82, 2.24) is 20.4 Å². The van der Waals surface area contributed by atoms with Crippen LogP contribution in [0.5, 0.6) is 0 Å². The Kier molecular flexibility index (Phi) is 5.45. The lowest BCUT2D eigenvalue weighted by Crippen LogP contribution is -2.41. The molecule has 0 aliphatic rings. The van der Waals surface area contributed by atoms with Crippen molar-refractivity contribution in [3.05, 3.63) is 72.4 Å². The first-order valence-corrected chi connectivity index (χ1v) is 8.00. The van der Waals surface area contributed by atoms with Crippen molar-refractivity contribution in [3.8, 4) is 5.69 Å². The van der Waals surface area contributed by atoms with Crippen molar-refractivity contribution in [3.63, 3.8) is 0 Å². The third kappa shape index (κ3) is 4.37. The lowest BCUT2D eigenvalue weighted by Gasteiger charge is -2.13. The zero-order valence-electron chi connectivity index (χ0n) is 13.8. The van der Waals surface area contributed by atoms with Crippen molar-refractivity contribution in [2.24, 2.45) is 0 Å². The third-order valence-electron chi connectivity index (χ3n) is 3.71. The number of nitrogens with zero attached hydrogens (tertiary/aromatic N) is 2. The number of hydrogen-bond donors (Lipinski definition) is 3. The zero-order chi connectivity index (χ0) is 18.4. The summed E-state index contributed by atoms with van der Waals surface area (Å²) in [5.74, 6) is -1.06. The Labute approximate surface area is 149 Å². The van der Waals surface area contributed by atoms with Crippen molar-refractivity contribution >= 4 is 11.8 Å². The minimum Gasteiger partial charge on any atom is -0.467 e. The molecule has 2 heterocycles. The van der Waals surface area contributed by atoms with Gasteiger partial charge in [-0.05, 0) is 35.9 Å². The number of rotatable bonds is 6. The predicted molar refractivity (Wildman–Crippen MR) is 92.1 cm³/mol. The summed E-state index contributed by atoms with van der Waals surface area (Å²) in [6.07, 6.45) is 4.04. The van der Waals surface area contributed by atoms with Gasteiger partial charge < -0.3 is 20.2 Å². The molecule has 134 valence electrons. The maximum atomic E-state index is 11.8. The van der Waals surface area contributed by atoms with Crippen LogP contribution < -0.4 is 10.6 Å². The fourth-order valence-corrected chi connectivity index (χ4v) is 2.32. The Morgan fingerprint density at radius 1 is 1.12 bits per heavy atom. The minimum atomic E-state index is -0.927. The van der Waals surface area contributed by atoms with E-state index in [2.05, 4.69) is 15.7 Å². The van der Waals surface area contributed by atoms with E-state index >= 15 is 0 Å². The van der Waals surface area contributed by atoms with Gasteiger partial charge in [-0.25, -0.2) is 4.68 Å². The second kappa shape index (κ2) is 8.13.